The quantitative estimate of drug-likeness (QED) is 0.728. The van der Waals surface area contributed by atoms with E-state index in [1.54, 1.807) is 0 Å². The molecule has 1 aliphatic rings. The lowest BCUT2D eigenvalue weighted by molar-refractivity contribution is -0.128. The molecule has 0 aliphatic heterocycles. The van der Waals surface area contributed by atoms with Crippen LogP contribution >= 0.6 is 0 Å². The van der Waals surface area contributed by atoms with Crippen LogP contribution in [0.1, 0.15) is 46.5 Å². The fraction of sp³-hybridized carbons (Fsp3) is 0.917. The molecule has 1 amide bonds. The summed E-state index contributed by atoms with van der Waals surface area (Å²) in [6.07, 6.45) is 4.04. The third kappa shape index (κ3) is 3.82. The second kappa shape index (κ2) is 4.97. The van der Waals surface area contributed by atoms with Gasteiger partial charge in [0.1, 0.15) is 0 Å². The third-order valence-electron chi connectivity index (χ3n) is 3.21. The number of rotatable bonds is 5. The average molecular weight is 212 g/mol. The lowest BCUT2D eigenvalue weighted by atomic mass is 9.80. The molecule has 0 aromatic rings. The normalized spacial score (nSPS) is 25.9. The molecule has 0 heterocycles. The number of carbonyl (C=O) groups is 1. The number of hydrogen-bond acceptors (Lipinski definition) is 2. The molecule has 15 heavy (non-hydrogen) atoms. The SMILES string of the molecule is CCCC(C)(C)CNC(=O)C1CC(N)C1. The van der Waals surface area contributed by atoms with Gasteiger partial charge in [-0.3, -0.25) is 4.79 Å². The van der Waals surface area contributed by atoms with Crippen LogP contribution in [0.25, 0.3) is 0 Å². The van der Waals surface area contributed by atoms with E-state index in [1.165, 1.54) is 0 Å². The first-order chi connectivity index (χ1) is 6.94. The van der Waals surface area contributed by atoms with Crippen LogP contribution in [0.5, 0.6) is 0 Å². The van der Waals surface area contributed by atoms with Crippen LogP contribution in [0.3, 0.4) is 0 Å². The maximum absolute atomic E-state index is 11.7. The fourth-order valence-corrected chi connectivity index (χ4v) is 2.11. The monoisotopic (exact) mass is 212 g/mol. The van der Waals surface area contributed by atoms with Gasteiger partial charge in [0.25, 0.3) is 0 Å². The summed E-state index contributed by atoms with van der Waals surface area (Å²) in [5.74, 6) is 0.373. The maximum atomic E-state index is 11.7. The van der Waals surface area contributed by atoms with E-state index in [9.17, 15) is 4.79 Å². The molecule has 0 saturated heterocycles. The van der Waals surface area contributed by atoms with Gasteiger partial charge in [-0.05, 0) is 24.7 Å². The summed E-state index contributed by atoms with van der Waals surface area (Å²) >= 11 is 0. The van der Waals surface area contributed by atoms with Crippen LogP contribution in [0.4, 0.5) is 0 Å². The minimum atomic E-state index is 0.178. The van der Waals surface area contributed by atoms with Gasteiger partial charge in [-0.15, -0.1) is 0 Å². The van der Waals surface area contributed by atoms with Crippen LogP contribution in [0.15, 0.2) is 0 Å². The Morgan fingerprint density at radius 3 is 2.53 bits per heavy atom. The third-order valence-corrected chi connectivity index (χ3v) is 3.21. The van der Waals surface area contributed by atoms with Gasteiger partial charge in [0.2, 0.25) is 5.91 Å². The molecule has 1 fully saturated rings. The largest absolute Gasteiger partial charge is 0.355 e. The zero-order valence-corrected chi connectivity index (χ0v) is 10.2. The van der Waals surface area contributed by atoms with Crippen LogP contribution in [0, 0.1) is 11.3 Å². The zero-order chi connectivity index (χ0) is 11.5. The Bertz CT molecular complexity index is 220. The molecule has 0 spiro atoms. The molecule has 0 bridgehead atoms. The summed E-state index contributed by atoms with van der Waals surface area (Å²) in [7, 11) is 0. The predicted octanol–water partition coefficient (Wildman–Crippen LogP) is 1.67. The van der Waals surface area contributed by atoms with Gasteiger partial charge in [-0.1, -0.05) is 27.2 Å². The first-order valence-corrected chi connectivity index (χ1v) is 5.98. The average Bonchev–Trinajstić information content (AvgIpc) is 2.09. The molecule has 0 unspecified atom stereocenters. The first kappa shape index (κ1) is 12.5. The van der Waals surface area contributed by atoms with Crippen molar-refractivity contribution in [3.05, 3.63) is 0 Å². The van der Waals surface area contributed by atoms with E-state index in [1.807, 2.05) is 0 Å². The lowest BCUT2D eigenvalue weighted by Crippen LogP contribution is -2.46. The number of nitrogens with two attached hydrogens (primary N) is 1. The van der Waals surface area contributed by atoms with Crippen LogP contribution in [0.2, 0.25) is 0 Å². The number of nitrogens with one attached hydrogen (secondary N) is 1. The van der Waals surface area contributed by atoms with Gasteiger partial charge in [-0.25, -0.2) is 0 Å². The highest BCUT2D eigenvalue weighted by atomic mass is 16.1. The van der Waals surface area contributed by atoms with Gasteiger partial charge < -0.3 is 11.1 Å². The van der Waals surface area contributed by atoms with E-state index in [4.69, 9.17) is 5.73 Å². The summed E-state index contributed by atoms with van der Waals surface area (Å²) in [5, 5.41) is 3.04. The van der Waals surface area contributed by atoms with E-state index < -0.39 is 0 Å². The molecule has 3 nitrogen and oxygen atoms in total. The van der Waals surface area contributed by atoms with E-state index in [0.717, 1.165) is 32.2 Å². The minimum Gasteiger partial charge on any atom is -0.355 e. The molecule has 0 radical (unpaired) electrons. The minimum absolute atomic E-state index is 0.178. The van der Waals surface area contributed by atoms with Gasteiger partial charge in [-0.2, -0.15) is 0 Å². The van der Waals surface area contributed by atoms with Crippen molar-refractivity contribution >= 4 is 5.91 Å². The molecule has 3 heteroatoms. The van der Waals surface area contributed by atoms with Gasteiger partial charge in [0.05, 0.1) is 0 Å². The van der Waals surface area contributed by atoms with Crippen LogP contribution in [-0.2, 0) is 4.79 Å². The second-order valence-corrected chi connectivity index (χ2v) is 5.56. The summed E-state index contributed by atoms with van der Waals surface area (Å²) in [4.78, 5) is 11.7. The summed E-state index contributed by atoms with van der Waals surface area (Å²) in [6, 6.07) is 0.254. The Hall–Kier alpha value is -0.570. The van der Waals surface area contributed by atoms with Crippen molar-refractivity contribution in [2.24, 2.45) is 17.1 Å². The molecule has 0 aromatic heterocycles. The van der Waals surface area contributed by atoms with Crippen molar-refractivity contribution in [1.29, 1.82) is 0 Å². The molecular formula is C12H24N2O. The molecule has 1 aliphatic carbocycles. The Kier molecular flexibility index (Phi) is 4.14. The highest BCUT2D eigenvalue weighted by Gasteiger charge is 2.32. The van der Waals surface area contributed by atoms with Crippen molar-refractivity contribution in [3.8, 4) is 0 Å². The van der Waals surface area contributed by atoms with Crippen molar-refractivity contribution in [2.45, 2.75) is 52.5 Å². The number of amides is 1. The van der Waals surface area contributed by atoms with Crippen molar-refractivity contribution in [3.63, 3.8) is 0 Å². The molecule has 1 rings (SSSR count). The Morgan fingerprint density at radius 2 is 2.07 bits per heavy atom. The van der Waals surface area contributed by atoms with E-state index >= 15 is 0 Å². The molecule has 3 N–H and O–H groups in total. The zero-order valence-electron chi connectivity index (χ0n) is 10.2. The maximum Gasteiger partial charge on any atom is 0.223 e. The van der Waals surface area contributed by atoms with Gasteiger partial charge >= 0.3 is 0 Å². The first-order valence-electron chi connectivity index (χ1n) is 5.98. The molecule has 1 saturated carbocycles. The predicted molar refractivity (Wildman–Crippen MR) is 62.4 cm³/mol. The van der Waals surface area contributed by atoms with Crippen molar-refractivity contribution < 1.29 is 4.79 Å². The smallest absolute Gasteiger partial charge is 0.223 e. The van der Waals surface area contributed by atoms with Crippen molar-refractivity contribution in [2.75, 3.05) is 6.54 Å². The molecule has 88 valence electrons. The summed E-state index contributed by atoms with van der Waals surface area (Å²) < 4.78 is 0. The van der Waals surface area contributed by atoms with E-state index in [-0.39, 0.29) is 23.3 Å². The second-order valence-electron chi connectivity index (χ2n) is 5.56. The Morgan fingerprint density at radius 1 is 1.47 bits per heavy atom. The molecule has 0 aromatic carbocycles. The van der Waals surface area contributed by atoms with E-state index in [2.05, 4.69) is 26.1 Å². The highest BCUT2D eigenvalue weighted by Crippen LogP contribution is 2.26. The number of carbonyl (C=O) groups excluding carboxylic acids is 1. The standard InChI is InChI=1S/C12H24N2O/c1-4-5-12(2,3)8-14-11(15)9-6-10(13)7-9/h9-10H,4-8,13H2,1-3H3,(H,14,15). The summed E-state index contributed by atoms with van der Waals surface area (Å²) in [5.41, 5.74) is 5.87. The fourth-order valence-electron chi connectivity index (χ4n) is 2.11. The van der Waals surface area contributed by atoms with Gasteiger partial charge in [0, 0.05) is 18.5 Å². The molecule has 0 atom stereocenters. The van der Waals surface area contributed by atoms with Crippen LogP contribution < -0.4 is 11.1 Å². The van der Waals surface area contributed by atoms with E-state index in [0.29, 0.717) is 0 Å². The van der Waals surface area contributed by atoms with Crippen LogP contribution in [-0.4, -0.2) is 18.5 Å². The Labute approximate surface area is 92.8 Å². The highest BCUT2D eigenvalue weighted by molar-refractivity contribution is 5.79. The molecular weight excluding hydrogens is 188 g/mol. The topological polar surface area (TPSA) is 55.1 Å². The number of hydrogen-bond donors (Lipinski definition) is 2. The van der Waals surface area contributed by atoms with Crippen molar-refractivity contribution in [1.82, 2.24) is 5.32 Å². The van der Waals surface area contributed by atoms with Gasteiger partial charge in [0.15, 0.2) is 0 Å². The summed E-state index contributed by atoms with van der Waals surface area (Å²) in [6.45, 7) is 7.35. The lowest BCUT2D eigenvalue weighted by Gasteiger charge is -2.32. The Balaban J connectivity index is 2.22.